The predicted octanol–water partition coefficient (Wildman–Crippen LogP) is 2.65. The van der Waals surface area contributed by atoms with Crippen molar-refractivity contribution in [3.63, 3.8) is 0 Å². The lowest BCUT2D eigenvalue weighted by Gasteiger charge is -2.15. The van der Waals surface area contributed by atoms with Gasteiger partial charge in [0.15, 0.2) is 5.76 Å². The first-order chi connectivity index (χ1) is 12.2. The highest BCUT2D eigenvalue weighted by Gasteiger charge is 2.25. The van der Waals surface area contributed by atoms with E-state index in [1.165, 1.54) is 0 Å². The summed E-state index contributed by atoms with van der Waals surface area (Å²) in [6.45, 7) is 1.71. The second-order valence-electron chi connectivity index (χ2n) is 6.25. The molecule has 6 nitrogen and oxygen atoms in total. The number of halogens is 2. The fraction of sp³-hybridized carbons (Fsp3) is 0.263. The van der Waals surface area contributed by atoms with E-state index in [-0.39, 0.29) is 36.6 Å². The summed E-state index contributed by atoms with van der Waals surface area (Å²) in [5.74, 6) is 0.474. The lowest BCUT2D eigenvalue weighted by molar-refractivity contribution is 0.0928. The van der Waals surface area contributed by atoms with Gasteiger partial charge in [0, 0.05) is 30.9 Å². The predicted molar refractivity (Wildman–Crippen MR) is 109 cm³/mol. The lowest BCUT2D eigenvalue weighted by Crippen LogP contribution is -2.34. The minimum atomic E-state index is -0.423. The first-order valence-electron chi connectivity index (χ1n) is 8.33. The summed E-state index contributed by atoms with van der Waals surface area (Å²) >= 11 is 0. The second kappa shape index (κ2) is 9.19. The van der Waals surface area contributed by atoms with E-state index < -0.39 is 6.10 Å². The van der Waals surface area contributed by atoms with Gasteiger partial charge in [-0.15, -0.1) is 24.8 Å². The molecular weight excluding hydrogens is 389 g/mol. The third-order valence-corrected chi connectivity index (χ3v) is 4.56. The summed E-state index contributed by atoms with van der Waals surface area (Å²) in [5, 5.41) is 16.7. The molecule has 1 aliphatic heterocycles. The van der Waals surface area contributed by atoms with E-state index in [2.05, 4.69) is 15.6 Å². The Kier molecular flexibility index (Phi) is 7.21. The van der Waals surface area contributed by atoms with Crippen LogP contribution in [0.15, 0.2) is 53.1 Å². The van der Waals surface area contributed by atoms with Crippen LogP contribution < -0.4 is 10.6 Å². The Morgan fingerprint density at radius 3 is 2.74 bits per heavy atom. The first kappa shape index (κ1) is 21.2. The number of β-amino-alcohol motifs (C(OH)–C–C–N with tert-alkyl or cyclic N) is 1. The van der Waals surface area contributed by atoms with Crippen molar-refractivity contribution in [2.75, 3.05) is 19.6 Å². The minimum Gasteiger partial charge on any atom is -0.463 e. The molecule has 0 radical (unpaired) electrons. The summed E-state index contributed by atoms with van der Waals surface area (Å²) in [6, 6.07) is 12.9. The highest BCUT2D eigenvalue weighted by Crippen LogP contribution is 2.25. The van der Waals surface area contributed by atoms with Gasteiger partial charge in [0.25, 0.3) is 5.91 Å². The van der Waals surface area contributed by atoms with Gasteiger partial charge in [-0.25, -0.2) is 4.98 Å². The van der Waals surface area contributed by atoms with Crippen LogP contribution >= 0.6 is 24.8 Å². The smallest absolute Gasteiger partial charge is 0.252 e. The Morgan fingerprint density at radius 2 is 2.04 bits per heavy atom. The molecule has 1 aromatic carbocycles. The third kappa shape index (κ3) is 4.42. The number of rotatable bonds is 4. The number of hydrogen-bond acceptors (Lipinski definition) is 5. The molecule has 3 aromatic rings. The highest BCUT2D eigenvalue weighted by atomic mass is 35.5. The van der Waals surface area contributed by atoms with Crippen molar-refractivity contribution in [1.82, 2.24) is 15.6 Å². The molecule has 1 aliphatic rings. The molecule has 3 heterocycles. The van der Waals surface area contributed by atoms with Crippen molar-refractivity contribution in [2.45, 2.75) is 6.10 Å². The van der Waals surface area contributed by atoms with Crippen molar-refractivity contribution >= 4 is 41.6 Å². The van der Waals surface area contributed by atoms with Crippen molar-refractivity contribution < 1.29 is 14.3 Å². The Morgan fingerprint density at radius 1 is 1.22 bits per heavy atom. The SMILES string of the molecule is Cl.Cl.O=C(NCC1CNCC1O)c1cc(-c2ccco2)nc2ccccc12. The van der Waals surface area contributed by atoms with Gasteiger partial charge in [-0.3, -0.25) is 4.79 Å². The van der Waals surface area contributed by atoms with Gasteiger partial charge in [-0.05, 0) is 24.3 Å². The van der Waals surface area contributed by atoms with Gasteiger partial charge in [0.2, 0.25) is 0 Å². The topological polar surface area (TPSA) is 87.4 Å². The number of hydrogen-bond donors (Lipinski definition) is 3. The first-order valence-corrected chi connectivity index (χ1v) is 8.33. The number of nitrogens with one attached hydrogen (secondary N) is 2. The van der Waals surface area contributed by atoms with Gasteiger partial charge in [0.1, 0.15) is 5.69 Å². The van der Waals surface area contributed by atoms with E-state index in [1.807, 2.05) is 30.3 Å². The van der Waals surface area contributed by atoms with Crippen LogP contribution in [0, 0.1) is 5.92 Å². The molecule has 0 aliphatic carbocycles. The van der Waals surface area contributed by atoms with Gasteiger partial charge in [0.05, 0.1) is 23.4 Å². The molecule has 2 atom stereocenters. The van der Waals surface area contributed by atoms with E-state index in [9.17, 15) is 9.90 Å². The van der Waals surface area contributed by atoms with Crippen LogP contribution in [-0.2, 0) is 0 Å². The second-order valence-corrected chi connectivity index (χ2v) is 6.25. The van der Waals surface area contributed by atoms with Crippen molar-refractivity contribution in [3.05, 3.63) is 54.3 Å². The number of nitrogens with zero attached hydrogens (tertiary/aromatic N) is 1. The zero-order valence-corrected chi connectivity index (χ0v) is 16.1. The molecule has 0 saturated carbocycles. The normalized spacial score (nSPS) is 18.6. The fourth-order valence-electron chi connectivity index (χ4n) is 3.16. The Bertz CT molecular complexity index is 902. The standard InChI is InChI=1S/C19H19N3O3.2ClH/c23-17-11-20-9-12(17)10-21-19(24)14-8-16(18-6-3-7-25-18)22-15-5-2-1-4-13(14)15;;/h1-8,12,17,20,23H,9-11H2,(H,21,24);2*1H. The Labute approximate surface area is 169 Å². The van der Waals surface area contributed by atoms with Gasteiger partial charge in [-0.1, -0.05) is 18.2 Å². The molecule has 1 amide bonds. The summed E-state index contributed by atoms with van der Waals surface area (Å²) in [6.07, 6.45) is 1.16. The summed E-state index contributed by atoms with van der Waals surface area (Å²) in [4.78, 5) is 17.4. The van der Waals surface area contributed by atoms with E-state index in [4.69, 9.17) is 4.42 Å². The molecule has 1 fully saturated rings. The molecule has 0 spiro atoms. The molecule has 3 N–H and O–H groups in total. The van der Waals surface area contributed by atoms with Crippen LogP contribution in [0.5, 0.6) is 0 Å². The quantitative estimate of drug-likeness (QED) is 0.616. The minimum absolute atomic E-state index is 0. The molecule has 1 saturated heterocycles. The van der Waals surface area contributed by atoms with Crippen LogP contribution in [0.3, 0.4) is 0 Å². The Balaban J connectivity index is 0.00000131. The average molecular weight is 410 g/mol. The fourth-order valence-corrected chi connectivity index (χ4v) is 3.16. The lowest BCUT2D eigenvalue weighted by atomic mass is 10.0. The van der Waals surface area contributed by atoms with Crippen LogP contribution in [0.1, 0.15) is 10.4 Å². The summed E-state index contributed by atoms with van der Waals surface area (Å²) in [5.41, 5.74) is 1.91. The highest BCUT2D eigenvalue weighted by molar-refractivity contribution is 6.07. The zero-order valence-electron chi connectivity index (χ0n) is 14.4. The summed E-state index contributed by atoms with van der Waals surface area (Å²) in [7, 11) is 0. The van der Waals surface area contributed by atoms with Crippen LogP contribution in [-0.4, -0.2) is 41.7 Å². The maximum Gasteiger partial charge on any atom is 0.252 e. The number of carbonyl (C=O) groups is 1. The van der Waals surface area contributed by atoms with Crippen LogP contribution in [0.4, 0.5) is 0 Å². The van der Waals surface area contributed by atoms with E-state index >= 15 is 0 Å². The number of pyridine rings is 1. The maximum absolute atomic E-state index is 12.8. The number of benzene rings is 1. The van der Waals surface area contributed by atoms with Gasteiger partial charge in [-0.2, -0.15) is 0 Å². The number of amides is 1. The van der Waals surface area contributed by atoms with Crippen molar-refractivity contribution in [1.29, 1.82) is 0 Å². The largest absolute Gasteiger partial charge is 0.463 e. The molecular formula is C19H21Cl2N3O3. The van der Waals surface area contributed by atoms with E-state index in [0.717, 1.165) is 10.9 Å². The molecule has 8 heteroatoms. The molecule has 144 valence electrons. The monoisotopic (exact) mass is 409 g/mol. The number of aliphatic hydroxyl groups excluding tert-OH is 1. The third-order valence-electron chi connectivity index (χ3n) is 4.56. The van der Waals surface area contributed by atoms with Crippen LogP contribution in [0.2, 0.25) is 0 Å². The molecule has 2 aromatic heterocycles. The Hall–Kier alpha value is -2.12. The molecule has 4 rings (SSSR count). The average Bonchev–Trinajstić information content (AvgIpc) is 3.30. The van der Waals surface area contributed by atoms with Gasteiger partial charge < -0.3 is 20.2 Å². The molecule has 0 bridgehead atoms. The summed E-state index contributed by atoms with van der Waals surface area (Å²) < 4.78 is 5.42. The van der Waals surface area contributed by atoms with E-state index in [0.29, 0.717) is 36.7 Å². The maximum atomic E-state index is 12.8. The van der Waals surface area contributed by atoms with Crippen molar-refractivity contribution in [3.8, 4) is 11.5 Å². The number of aromatic nitrogens is 1. The molecule has 27 heavy (non-hydrogen) atoms. The number of para-hydroxylation sites is 1. The van der Waals surface area contributed by atoms with Gasteiger partial charge >= 0.3 is 0 Å². The van der Waals surface area contributed by atoms with Crippen LogP contribution in [0.25, 0.3) is 22.4 Å². The van der Waals surface area contributed by atoms with E-state index in [1.54, 1.807) is 18.4 Å². The number of fused-ring (bicyclic) bond motifs is 1. The van der Waals surface area contributed by atoms with Crippen molar-refractivity contribution in [2.24, 2.45) is 5.92 Å². The molecule has 2 unspecified atom stereocenters. The number of aliphatic hydroxyl groups is 1. The number of furan rings is 1. The zero-order chi connectivity index (χ0) is 17.2. The number of carbonyl (C=O) groups excluding carboxylic acids is 1.